The fraction of sp³-hybridized carbons (Fsp3) is 0.0625. The molecule has 3 rings (SSSR count). The first-order valence-corrected chi connectivity index (χ1v) is 7.82. The van der Waals surface area contributed by atoms with Crippen LogP contribution < -0.4 is 5.32 Å². The van der Waals surface area contributed by atoms with Gasteiger partial charge in [-0.25, -0.2) is 9.78 Å². The molecular weight excluding hydrogens is 336 g/mol. The van der Waals surface area contributed by atoms with Crippen LogP contribution in [0.3, 0.4) is 0 Å². The Bertz CT molecular complexity index is 890. The summed E-state index contributed by atoms with van der Waals surface area (Å²) in [6.45, 7) is 0. The van der Waals surface area contributed by atoms with Crippen LogP contribution in [0.1, 0.15) is 20.7 Å². The molecule has 0 aliphatic heterocycles. The number of hydrogen-bond donors (Lipinski definition) is 1. The van der Waals surface area contributed by atoms with Crippen molar-refractivity contribution in [3.63, 3.8) is 0 Å². The Labute approximate surface area is 140 Å². The van der Waals surface area contributed by atoms with Crippen molar-refractivity contribution in [2.75, 3.05) is 12.4 Å². The number of fused-ring (bicyclic) bond motifs is 1. The lowest BCUT2D eigenvalue weighted by Crippen LogP contribution is -2.12. The van der Waals surface area contributed by atoms with Gasteiger partial charge in [0.2, 0.25) is 0 Å². The van der Waals surface area contributed by atoms with Gasteiger partial charge in [-0.2, -0.15) is 0 Å². The van der Waals surface area contributed by atoms with Gasteiger partial charge in [0.15, 0.2) is 5.13 Å². The van der Waals surface area contributed by atoms with Gasteiger partial charge < -0.3 is 4.74 Å². The lowest BCUT2D eigenvalue weighted by molar-refractivity contribution is 0.0600. The number of carbonyl (C=O) groups excluding carboxylic acids is 2. The number of thiazole rings is 1. The molecule has 1 amide bonds. The molecule has 0 atom stereocenters. The van der Waals surface area contributed by atoms with E-state index in [1.165, 1.54) is 18.4 Å². The molecule has 0 aliphatic rings. The number of nitrogens with zero attached hydrogens (tertiary/aromatic N) is 1. The predicted molar refractivity (Wildman–Crippen MR) is 90.4 cm³/mol. The first-order valence-electron chi connectivity index (χ1n) is 6.62. The Morgan fingerprint density at radius 2 is 1.83 bits per heavy atom. The Kier molecular flexibility index (Phi) is 4.27. The molecule has 1 aromatic heterocycles. The zero-order valence-corrected chi connectivity index (χ0v) is 13.6. The number of amides is 1. The molecule has 0 saturated carbocycles. The highest BCUT2D eigenvalue weighted by atomic mass is 35.5. The van der Waals surface area contributed by atoms with Crippen LogP contribution in [0.15, 0.2) is 42.5 Å². The summed E-state index contributed by atoms with van der Waals surface area (Å²) in [5.41, 5.74) is 1.59. The lowest BCUT2D eigenvalue weighted by Gasteiger charge is -2.03. The van der Waals surface area contributed by atoms with Crippen LogP contribution in [0, 0.1) is 0 Å². The second-order valence-corrected chi connectivity index (χ2v) is 6.12. The number of esters is 1. The molecule has 23 heavy (non-hydrogen) atoms. The van der Waals surface area contributed by atoms with Gasteiger partial charge in [0.25, 0.3) is 5.91 Å². The molecule has 0 unspecified atom stereocenters. The molecule has 1 heterocycles. The SMILES string of the molecule is COC(=O)c1ccc(C(=O)Nc2nc3ccc(Cl)cc3s2)cc1. The Morgan fingerprint density at radius 1 is 1.13 bits per heavy atom. The summed E-state index contributed by atoms with van der Waals surface area (Å²) in [5.74, 6) is -0.744. The Balaban J connectivity index is 1.78. The van der Waals surface area contributed by atoms with Gasteiger partial charge >= 0.3 is 5.97 Å². The van der Waals surface area contributed by atoms with Crippen LogP contribution in [0.4, 0.5) is 5.13 Å². The van der Waals surface area contributed by atoms with Gasteiger partial charge in [-0.1, -0.05) is 22.9 Å². The fourth-order valence-electron chi connectivity index (χ4n) is 2.00. The van der Waals surface area contributed by atoms with E-state index in [0.717, 1.165) is 10.2 Å². The Morgan fingerprint density at radius 3 is 2.52 bits per heavy atom. The van der Waals surface area contributed by atoms with Gasteiger partial charge in [0.1, 0.15) is 0 Å². The molecule has 5 nitrogen and oxygen atoms in total. The maximum absolute atomic E-state index is 12.2. The van der Waals surface area contributed by atoms with E-state index in [1.54, 1.807) is 42.5 Å². The number of aromatic nitrogens is 1. The van der Waals surface area contributed by atoms with Crippen molar-refractivity contribution in [1.29, 1.82) is 0 Å². The summed E-state index contributed by atoms with van der Waals surface area (Å²) in [7, 11) is 1.31. The Hall–Kier alpha value is -2.44. The summed E-state index contributed by atoms with van der Waals surface area (Å²) in [6, 6.07) is 11.6. The maximum atomic E-state index is 12.2. The van der Waals surface area contributed by atoms with Crippen molar-refractivity contribution >= 4 is 50.2 Å². The smallest absolute Gasteiger partial charge is 0.337 e. The van der Waals surface area contributed by atoms with Crippen LogP contribution in [0.5, 0.6) is 0 Å². The third kappa shape index (κ3) is 3.33. The zero-order valence-electron chi connectivity index (χ0n) is 12.0. The quantitative estimate of drug-likeness (QED) is 0.728. The van der Waals surface area contributed by atoms with E-state index in [4.69, 9.17) is 11.6 Å². The number of benzene rings is 2. The molecular formula is C16H11ClN2O3S. The summed E-state index contributed by atoms with van der Waals surface area (Å²) >= 11 is 7.28. The third-order valence-corrected chi connectivity index (χ3v) is 4.31. The monoisotopic (exact) mass is 346 g/mol. The van der Waals surface area contributed by atoms with Gasteiger partial charge in [-0.05, 0) is 42.5 Å². The van der Waals surface area contributed by atoms with E-state index >= 15 is 0 Å². The standard InChI is InChI=1S/C16H11ClN2O3S/c1-22-15(21)10-4-2-9(3-5-10)14(20)19-16-18-12-7-6-11(17)8-13(12)23-16/h2-8H,1H3,(H,18,19,20). The summed E-state index contributed by atoms with van der Waals surface area (Å²) in [5, 5.41) is 3.85. The topological polar surface area (TPSA) is 68.3 Å². The van der Waals surface area contributed by atoms with E-state index in [1.807, 2.05) is 0 Å². The highest BCUT2D eigenvalue weighted by Crippen LogP contribution is 2.28. The normalized spacial score (nSPS) is 10.5. The third-order valence-electron chi connectivity index (χ3n) is 3.14. The van der Waals surface area contributed by atoms with Crippen molar-refractivity contribution < 1.29 is 14.3 Å². The number of anilines is 1. The molecule has 1 N–H and O–H groups in total. The number of carbonyl (C=O) groups is 2. The minimum Gasteiger partial charge on any atom is -0.465 e. The van der Waals surface area contributed by atoms with Gasteiger partial charge in [0, 0.05) is 10.6 Å². The minimum absolute atomic E-state index is 0.299. The van der Waals surface area contributed by atoms with Crippen molar-refractivity contribution in [3.8, 4) is 0 Å². The molecule has 2 aromatic carbocycles. The number of ether oxygens (including phenoxy) is 1. The van der Waals surface area contributed by atoms with Gasteiger partial charge in [-0.15, -0.1) is 0 Å². The minimum atomic E-state index is -0.444. The van der Waals surface area contributed by atoms with Crippen LogP contribution in [0.25, 0.3) is 10.2 Å². The fourth-order valence-corrected chi connectivity index (χ4v) is 3.13. The van der Waals surface area contributed by atoms with Gasteiger partial charge in [0.05, 0.1) is 22.9 Å². The second-order valence-electron chi connectivity index (χ2n) is 4.65. The molecule has 0 saturated heterocycles. The van der Waals surface area contributed by atoms with E-state index in [2.05, 4.69) is 15.0 Å². The first-order chi connectivity index (χ1) is 11.1. The van der Waals surface area contributed by atoms with E-state index in [9.17, 15) is 9.59 Å². The largest absolute Gasteiger partial charge is 0.465 e. The molecule has 0 fully saturated rings. The lowest BCUT2D eigenvalue weighted by atomic mass is 10.1. The highest BCUT2D eigenvalue weighted by Gasteiger charge is 2.11. The number of halogens is 1. The molecule has 0 aliphatic carbocycles. The van der Waals surface area contributed by atoms with Crippen molar-refractivity contribution in [2.45, 2.75) is 0 Å². The van der Waals surface area contributed by atoms with E-state index < -0.39 is 5.97 Å². The molecule has 0 radical (unpaired) electrons. The summed E-state index contributed by atoms with van der Waals surface area (Å²) < 4.78 is 5.51. The molecule has 0 spiro atoms. The van der Waals surface area contributed by atoms with Crippen LogP contribution >= 0.6 is 22.9 Å². The average Bonchev–Trinajstić information content (AvgIpc) is 2.95. The summed E-state index contributed by atoms with van der Waals surface area (Å²) in [4.78, 5) is 27.9. The second kappa shape index (κ2) is 6.36. The van der Waals surface area contributed by atoms with E-state index in [-0.39, 0.29) is 5.91 Å². The highest BCUT2D eigenvalue weighted by molar-refractivity contribution is 7.22. The number of rotatable bonds is 3. The first kappa shape index (κ1) is 15.5. The van der Waals surface area contributed by atoms with Crippen molar-refractivity contribution in [1.82, 2.24) is 4.98 Å². The van der Waals surface area contributed by atoms with Crippen LogP contribution in [0.2, 0.25) is 5.02 Å². The molecule has 7 heteroatoms. The molecule has 0 bridgehead atoms. The zero-order chi connectivity index (χ0) is 16.4. The maximum Gasteiger partial charge on any atom is 0.337 e. The predicted octanol–water partition coefficient (Wildman–Crippen LogP) is 3.99. The number of nitrogens with one attached hydrogen (secondary N) is 1. The van der Waals surface area contributed by atoms with Crippen molar-refractivity contribution in [3.05, 3.63) is 58.6 Å². The molecule has 3 aromatic rings. The van der Waals surface area contributed by atoms with E-state index in [0.29, 0.717) is 21.3 Å². The average molecular weight is 347 g/mol. The molecule has 116 valence electrons. The number of hydrogen-bond acceptors (Lipinski definition) is 5. The number of methoxy groups -OCH3 is 1. The summed E-state index contributed by atoms with van der Waals surface area (Å²) in [6.07, 6.45) is 0. The van der Waals surface area contributed by atoms with Crippen LogP contribution in [-0.2, 0) is 4.74 Å². The van der Waals surface area contributed by atoms with Gasteiger partial charge in [-0.3, -0.25) is 10.1 Å². The van der Waals surface area contributed by atoms with Crippen LogP contribution in [-0.4, -0.2) is 24.0 Å². The van der Waals surface area contributed by atoms with Crippen molar-refractivity contribution in [2.24, 2.45) is 0 Å².